The molecule has 4 saturated carbocycles. The first kappa shape index (κ1) is 16.6. The van der Waals surface area contributed by atoms with E-state index in [2.05, 4.69) is 19.6 Å². The Labute approximate surface area is 197 Å². The van der Waals surface area contributed by atoms with Crippen LogP contribution in [-0.4, -0.2) is 28.1 Å². The fourth-order valence-corrected chi connectivity index (χ4v) is 7.31. The highest BCUT2D eigenvalue weighted by Gasteiger charge is 2.60. The van der Waals surface area contributed by atoms with E-state index in [0.717, 1.165) is 56.9 Å². The first-order valence-electron chi connectivity index (χ1n) is 15.2. The first-order valence-corrected chi connectivity index (χ1v) is 12.2. The third-order valence-corrected chi connectivity index (χ3v) is 9.03. The summed E-state index contributed by atoms with van der Waals surface area (Å²) in [5.74, 6) is 0.918. The van der Waals surface area contributed by atoms with Crippen molar-refractivity contribution in [1.29, 1.82) is 0 Å². The largest absolute Gasteiger partial charge is 0.393 e. The molecule has 0 aliphatic heterocycles. The van der Waals surface area contributed by atoms with E-state index >= 15 is 0 Å². The zero-order chi connectivity index (χ0) is 27.4. The van der Waals surface area contributed by atoms with Crippen LogP contribution in [0, 0.1) is 22.7 Å². The van der Waals surface area contributed by atoms with E-state index in [1.807, 2.05) is 6.08 Å². The van der Waals surface area contributed by atoms with Gasteiger partial charge >= 0.3 is 0 Å². The summed E-state index contributed by atoms with van der Waals surface area (Å²) in [6.07, 6.45) is 11.3. The van der Waals surface area contributed by atoms with Gasteiger partial charge in [-0.1, -0.05) is 37.6 Å². The van der Waals surface area contributed by atoms with Gasteiger partial charge in [0.25, 0.3) is 0 Å². The number of aliphatic hydroxyl groups excluding tert-OH is 1. The molecule has 31 heavy (non-hydrogen) atoms. The highest BCUT2D eigenvalue weighted by Crippen LogP contribution is 2.70. The molecule has 0 saturated heterocycles. The van der Waals surface area contributed by atoms with Crippen molar-refractivity contribution in [3.63, 3.8) is 0 Å². The predicted molar refractivity (Wildman–Crippen MR) is 125 cm³/mol. The van der Waals surface area contributed by atoms with Gasteiger partial charge in [-0.3, -0.25) is 0 Å². The van der Waals surface area contributed by atoms with Crippen LogP contribution in [0.2, 0.25) is 0 Å². The Kier molecular flexibility index (Phi) is 4.54. The zero-order valence-corrected chi connectivity index (χ0v) is 18.9. The van der Waals surface area contributed by atoms with Crippen molar-refractivity contribution in [3.8, 4) is 0 Å². The van der Waals surface area contributed by atoms with Gasteiger partial charge in [0.15, 0.2) is 0 Å². The molecule has 0 heterocycles. The van der Waals surface area contributed by atoms with Gasteiger partial charge in [0, 0.05) is 14.6 Å². The Balaban J connectivity index is 1.47. The minimum atomic E-state index is -2.96. The molecule has 4 rings (SSSR count). The highest BCUT2D eigenvalue weighted by molar-refractivity contribution is 5.39. The van der Waals surface area contributed by atoms with Gasteiger partial charge in [0.2, 0.25) is 0 Å². The topological polar surface area (TPSA) is 40.5 Å². The van der Waals surface area contributed by atoms with E-state index in [-0.39, 0.29) is 23.7 Å². The summed E-state index contributed by atoms with van der Waals surface area (Å²) in [6, 6.07) is 0. The SMILES string of the molecule is [2H]C([2H])([2H])C(O)(CCCC1(C2CCC3C(=CC=C4CC(O)C[C@H](F)C4=C)CCC[C@@]32C)CC1)C([2H])([2H])[2H]. The second-order valence-corrected chi connectivity index (χ2v) is 11.1. The maximum absolute atomic E-state index is 14.2. The van der Waals surface area contributed by atoms with Gasteiger partial charge in [-0.2, -0.15) is 0 Å². The van der Waals surface area contributed by atoms with Gasteiger partial charge in [-0.05, 0) is 112 Å². The van der Waals surface area contributed by atoms with Crippen molar-refractivity contribution in [2.45, 2.75) is 116 Å². The van der Waals surface area contributed by atoms with Crippen LogP contribution in [0.3, 0.4) is 0 Å². The maximum atomic E-state index is 14.2. The van der Waals surface area contributed by atoms with Gasteiger partial charge in [-0.25, -0.2) is 4.39 Å². The average molecular weight is 437 g/mol. The molecule has 4 fully saturated rings. The fourth-order valence-electron chi connectivity index (χ4n) is 7.31. The minimum Gasteiger partial charge on any atom is -0.393 e. The maximum Gasteiger partial charge on any atom is 0.127 e. The van der Waals surface area contributed by atoms with E-state index in [1.165, 1.54) is 5.57 Å². The summed E-state index contributed by atoms with van der Waals surface area (Å²) in [6.45, 7) is 0.379. The van der Waals surface area contributed by atoms with Crippen molar-refractivity contribution >= 4 is 0 Å². The van der Waals surface area contributed by atoms with Crippen molar-refractivity contribution in [2.24, 2.45) is 22.7 Å². The normalized spacial score (nSPS) is 44.1. The number of allylic oxidation sites excluding steroid dienone is 4. The summed E-state index contributed by atoms with van der Waals surface area (Å²) in [7, 11) is 0. The van der Waals surface area contributed by atoms with Crippen LogP contribution in [0.15, 0.2) is 35.5 Å². The van der Waals surface area contributed by atoms with Crippen molar-refractivity contribution in [3.05, 3.63) is 35.5 Å². The molecule has 2 N–H and O–H groups in total. The lowest BCUT2D eigenvalue weighted by molar-refractivity contribution is 0.0521. The van der Waals surface area contributed by atoms with E-state index in [9.17, 15) is 14.6 Å². The van der Waals surface area contributed by atoms with Crippen molar-refractivity contribution in [2.75, 3.05) is 0 Å². The third-order valence-electron chi connectivity index (χ3n) is 9.03. The van der Waals surface area contributed by atoms with Crippen LogP contribution in [0.25, 0.3) is 0 Å². The molecule has 0 bridgehead atoms. The number of fused-ring (bicyclic) bond motifs is 1. The van der Waals surface area contributed by atoms with Gasteiger partial charge in [0.05, 0.1) is 11.7 Å². The van der Waals surface area contributed by atoms with Crippen LogP contribution in [0.5, 0.6) is 0 Å². The fraction of sp³-hybridized carbons (Fsp3) is 0.786. The third kappa shape index (κ3) is 4.74. The standard InChI is InChI=1S/C28H43FO2/c1-19-21(17-22(30)18-24(19)29)9-8-20-7-5-13-27(4)23(20)10-11-25(27)28(15-16-28)14-6-12-26(2,3)31/h8-9,22-25,30-31H,1,5-7,10-18H2,2-4H3/t22?,23?,24-,25?,27-/m0/s1/i2D3,3D3. The molecule has 0 aromatic heterocycles. The lowest BCUT2D eigenvalue weighted by Crippen LogP contribution is -2.37. The smallest absolute Gasteiger partial charge is 0.127 e. The molecule has 2 nitrogen and oxygen atoms in total. The molecule has 0 radical (unpaired) electrons. The van der Waals surface area contributed by atoms with Gasteiger partial charge in [-0.15, -0.1) is 0 Å². The molecule has 0 amide bonds. The zero-order valence-electron chi connectivity index (χ0n) is 24.9. The Morgan fingerprint density at radius 2 is 2.03 bits per heavy atom. The molecule has 0 aromatic carbocycles. The summed E-state index contributed by atoms with van der Waals surface area (Å²) in [5.41, 5.74) is 0.211. The number of aliphatic hydroxyl groups is 2. The van der Waals surface area contributed by atoms with Gasteiger partial charge in [0.1, 0.15) is 6.17 Å². The Morgan fingerprint density at radius 1 is 1.26 bits per heavy atom. The van der Waals surface area contributed by atoms with E-state index in [1.54, 1.807) is 0 Å². The average Bonchev–Trinajstić information content (AvgIpc) is 3.46. The predicted octanol–water partition coefficient (Wildman–Crippen LogP) is 6.83. The van der Waals surface area contributed by atoms with Crippen LogP contribution in [-0.2, 0) is 0 Å². The molecule has 4 aliphatic rings. The lowest BCUT2D eigenvalue weighted by Gasteiger charge is -2.45. The summed E-state index contributed by atoms with van der Waals surface area (Å²) in [5, 5.41) is 20.7. The molecule has 0 aromatic rings. The second kappa shape index (κ2) is 8.45. The first-order chi connectivity index (χ1) is 17.0. The number of halogens is 1. The Morgan fingerprint density at radius 3 is 2.74 bits per heavy atom. The van der Waals surface area contributed by atoms with Gasteiger partial charge < -0.3 is 10.2 Å². The van der Waals surface area contributed by atoms with Crippen LogP contribution >= 0.6 is 0 Å². The van der Waals surface area contributed by atoms with Crippen molar-refractivity contribution in [1.82, 2.24) is 0 Å². The van der Waals surface area contributed by atoms with Crippen molar-refractivity contribution < 1.29 is 22.8 Å². The number of hydrogen-bond acceptors (Lipinski definition) is 2. The number of rotatable bonds is 6. The van der Waals surface area contributed by atoms with Crippen LogP contribution < -0.4 is 0 Å². The molecule has 4 aliphatic carbocycles. The molecular weight excluding hydrogens is 387 g/mol. The highest BCUT2D eigenvalue weighted by atomic mass is 19.1. The summed E-state index contributed by atoms with van der Waals surface area (Å²) in [4.78, 5) is 0. The molecular formula is C28H43FO2. The van der Waals surface area contributed by atoms with Crippen LogP contribution in [0.4, 0.5) is 4.39 Å². The lowest BCUT2D eigenvalue weighted by atomic mass is 9.59. The molecule has 0 spiro atoms. The van der Waals surface area contributed by atoms with E-state index in [0.29, 0.717) is 30.3 Å². The van der Waals surface area contributed by atoms with Crippen LogP contribution in [0.1, 0.15) is 106 Å². The molecule has 3 heteroatoms. The van der Waals surface area contributed by atoms with E-state index in [4.69, 9.17) is 8.22 Å². The Bertz CT molecular complexity index is 933. The molecule has 174 valence electrons. The summed E-state index contributed by atoms with van der Waals surface area (Å²) < 4.78 is 60.1. The summed E-state index contributed by atoms with van der Waals surface area (Å²) >= 11 is 0. The number of hydrogen-bond donors (Lipinski definition) is 2. The van der Waals surface area contributed by atoms with E-state index < -0.39 is 31.6 Å². The molecule has 3 unspecified atom stereocenters. The second-order valence-electron chi connectivity index (χ2n) is 11.1. The minimum absolute atomic E-state index is 0.0953. The molecule has 5 atom stereocenters. The number of alkyl halides is 1. The quantitative estimate of drug-likeness (QED) is 0.479. The monoisotopic (exact) mass is 436 g/mol. The Hall–Kier alpha value is -0.930.